The lowest BCUT2D eigenvalue weighted by molar-refractivity contribution is -0.118. The molecule has 4 heteroatoms. The van der Waals surface area contributed by atoms with E-state index >= 15 is 0 Å². The Morgan fingerprint density at radius 1 is 1.73 bits per heavy atom. The summed E-state index contributed by atoms with van der Waals surface area (Å²) in [5.74, 6) is 0.128. The Bertz CT molecular complexity index is 420. The van der Waals surface area contributed by atoms with Crippen LogP contribution >= 0.6 is 32.5 Å². The van der Waals surface area contributed by atoms with E-state index in [2.05, 4.69) is 22.2 Å². The van der Waals surface area contributed by atoms with Crippen LogP contribution in [0.4, 0.5) is 0 Å². The maximum absolute atomic E-state index is 11.4. The first-order valence-corrected chi connectivity index (χ1v) is 7.97. The molecule has 0 aromatic heterocycles. The average Bonchev–Trinajstić information content (AvgIpc) is 2.82. The number of amides is 1. The highest BCUT2D eigenvalue weighted by Crippen LogP contribution is 2.43. The van der Waals surface area contributed by atoms with Gasteiger partial charge >= 0.3 is 0 Å². The molecule has 0 atom stereocenters. The maximum atomic E-state index is 11.4. The van der Waals surface area contributed by atoms with Crippen molar-refractivity contribution in [1.29, 1.82) is 0 Å². The fourth-order valence-corrected chi connectivity index (χ4v) is 5.92. The number of nitrogens with one attached hydrogen (secondary N) is 1. The fraction of sp³-hybridized carbons (Fsp3) is 0.273. The van der Waals surface area contributed by atoms with Gasteiger partial charge in [0.05, 0.1) is 6.42 Å². The van der Waals surface area contributed by atoms with Gasteiger partial charge in [-0.05, 0) is 12.0 Å². The van der Waals surface area contributed by atoms with E-state index in [4.69, 9.17) is 0 Å². The Kier molecular flexibility index (Phi) is 3.45. The van der Waals surface area contributed by atoms with Gasteiger partial charge in [-0.15, -0.1) is 0 Å². The van der Waals surface area contributed by atoms with Crippen LogP contribution in [0.3, 0.4) is 0 Å². The summed E-state index contributed by atoms with van der Waals surface area (Å²) in [5, 5.41) is 2.93. The number of carbonyl (C=O) groups excluding carboxylic acids is 1. The Hall–Kier alpha value is -0.360. The molecule has 2 nitrogen and oxygen atoms in total. The first kappa shape index (κ1) is 11.1. The second-order valence-corrected chi connectivity index (χ2v) is 7.37. The number of allylic oxidation sites excluding steroid dienone is 4. The number of halogens is 1. The molecule has 0 unspecified atom stereocenters. The zero-order valence-electron chi connectivity index (χ0n) is 8.47. The van der Waals surface area contributed by atoms with Crippen LogP contribution in [-0.4, -0.2) is 9.25 Å². The molecule has 0 saturated heterocycles. The van der Waals surface area contributed by atoms with Gasteiger partial charge in [0, 0.05) is 17.5 Å². The molecule has 15 heavy (non-hydrogen) atoms. The molecule has 1 amide bonds. The third-order valence-corrected chi connectivity index (χ3v) is 6.76. The molecule has 0 radical (unpaired) electrons. The molecule has 1 N–H and O–H groups in total. The van der Waals surface area contributed by atoms with E-state index in [0.29, 0.717) is 6.42 Å². The molecule has 2 aliphatic heterocycles. The molecular weight excluding hydrogens is 321 g/mol. The first-order valence-electron chi connectivity index (χ1n) is 4.77. The Morgan fingerprint density at radius 3 is 3.20 bits per heavy atom. The minimum absolute atomic E-state index is 0.00504. The lowest BCUT2D eigenvalue weighted by Gasteiger charge is -2.05. The van der Waals surface area contributed by atoms with Crippen LogP contribution in [0.15, 0.2) is 32.4 Å². The van der Waals surface area contributed by atoms with Gasteiger partial charge in [0.2, 0.25) is 5.91 Å². The minimum Gasteiger partial charge on any atom is -0.329 e. The van der Waals surface area contributed by atoms with E-state index in [1.54, 1.807) is 11.8 Å². The van der Waals surface area contributed by atoms with E-state index in [0.717, 1.165) is 12.1 Å². The quantitative estimate of drug-likeness (QED) is 0.805. The van der Waals surface area contributed by atoms with E-state index < -0.39 is 0 Å². The Balaban J connectivity index is 2.39. The van der Waals surface area contributed by atoms with Crippen molar-refractivity contribution in [3.05, 3.63) is 32.4 Å². The van der Waals surface area contributed by atoms with Crippen LogP contribution in [0.1, 0.15) is 19.8 Å². The third-order valence-electron chi connectivity index (χ3n) is 2.34. The van der Waals surface area contributed by atoms with Crippen molar-refractivity contribution in [3.8, 4) is 0 Å². The highest BCUT2D eigenvalue weighted by molar-refractivity contribution is 14.2. The molecule has 2 aliphatic rings. The summed E-state index contributed by atoms with van der Waals surface area (Å²) in [4.78, 5) is 12.6. The molecule has 0 fully saturated rings. The molecule has 0 bridgehead atoms. The molecule has 0 spiro atoms. The summed E-state index contributed by atoms with van der Waals surface area (Å²) in [6, 6.07) is 0. The van der Waals surface area contributed by atoms with Gasteiger partial charge in [-0.25, -0.2) is 0 Å². The first-order chi connectivity index (χ1) is 7.26. The lowest BCUT2D eigenvalue weighted by atomic mass is 10.1. The van der Waals surface area contributed by atoms with Crippen molar-refractivity contribution < 1.29 is 4.79 Å². The molecule has 0 aromatic rings. The Morgan fingerprint density at radius 2 is 2.53 bits per heavy atom. The van der Waals surface area contributed by atoms with Gasteiger partial charge in [-0.3, -0.25) is 4.79 Å². The molecule has 0 aromatic carbocycles. The van der Waals surface area contributed by atoms with Crippen LogP contribution < -0.4 is 5.32 Å². The minimum atomic E-state index is 0.00504. The number of carbonyl (C=O) groups is 1. The molecule has 0 aliphatic carbocycles. The summed E-state index contributed by atoms with van der Waals surface area (Å²) >= 11 is 1.78. The zero-order valence-corrected chi connectivity index (χ0v) is 11.4. The van der Waals surface area contributed by atoms with E-state index in [9.17, 15) is 4.79 Å². The SMILES string of the molecule is C=CC1=C(C2=C(CC)NC(=O)C2)SC=I1. The predicted molar refractivity (Wildman–Crippen MR) is 75.0 cm³/mol. The van der Waals surface area contributed by atoms with Crippen molar-refractivity contribution >= 4 is 41.7 Å². The van der Waals surface area contributed by atoms with Crippen LogP contribution in [0.2, 0.25) is 0 Å². The molecule has 2 heterocycles. The topological polar surface area (TPSA) is 29.1 Å². The summed E-state index contributed by atoms with van der Waals surface area (Å²) in [6.45, 7) is 5.92. The monoisotopic (exact) mass is 333 g/mol. The van der Waals surface area contributed by atoms with Gasteiger partial charge in [-0.2, -0.15) is 0 Å². The van der Waals surface area contributed by atoms with Crippen LogP contribution in [0, 0.1) is 0 Å². The highest BCUT2D eigenvalue weighted by Gasteiger charge is 2.25. The lowest BCUT2D eigenvalue weighted by Crippen LogP contribution is -2.14. The normalized spacial score (nSPS) is 20.7. The summed E-state index contributed by atoms with van der Waals surface area (Å²) in [7, 11) is 0. The highest BCUT2D eigenvalue weighted by atomic mass is 127. The summed E-state index contributed by atoms with van der Waals surface area (Å²) in [6.07, 6.45) is 3.39. The van der Waals surface area contributed by atoms with Crippen molar-refractivity contribution in [2.24, 2.45) is 0 Å². The number of hydrogen-bond acceptors (Lipinski definition) is 2. The largest absolute Gasteiger partial charge is 0.329 e. The van der Waals surface area contributed by atoms with Gasteiger partial charge in [0.15, 0.2) is 0 Å². The van der Waals surface area contributed by atoms with Crippen molar-refractivity contribution in [2.75, 3.05) is 0 Å². The molecule has 0 saturated carbocycles. The number of thioether (sulfide) groups is 1. The second-order valence-electron chi connectivity index (χ2n) is 3.23. The predicted octanol–water partition coefficient (Wildman–Crippen LogP) is 3.05. The van der Waals surface area contributed by atoms with Gasteiger partial charge in [0.1, 0.15) is 0 Å². The van der Waals surface area contributed by atoms with Crippen LogP contribution in [-0.2, 0) is 4.79 Å². The van der Waals surface area contributed by atoms with Crippen molar-refractivity contribution in [3.63, 3.8) is 0 Å². The Labute approximate surface area is 104 Å². The number of hydrogen-bond donors (Lipinski definition) is 1. The van der Waals surface area contributed by atoms with Gasteiger partial charge in [-0.1, -0.05) is 52.1 Å². The van der Waals surface area contributed by atoms with E-state index in [-0.39, 0.29) is 26.6 Å². The molecule has 2 rings (SSSR count). The van der Waals surface area contributed by atoms with E-state index in [1.807, 2.05) is 6.08 Å². The summed E-state index contributed by atoms with van der Waals surface area (Å²) < 4.78 is 3.63. The summed E-state index contributed by atoms with van der Waals surface area (Å²) in [5.41, 5.74) is 2.30. The van der Waals surface area contributed by atoms with Crippen molar-refractivity contribution in [1.82, 2.24) is 5.32 Å². The van der Waals surface area contributed by atoms with Crippen LogP contribution in [0.5, 0.6) is 0 Å². The average molecular weight is 333 g/mol. The molecule has 80 valence electrons. The third kappa shape index (κ3) is 2.10. The van der Waals surface area contributed by atoms with Crippen molar-refractivity contribution in [2.45, 2.75) is 19.8 Å². The van der Waals surface area contributed by atoms with Gasteiger partial charge < -0.3 is 5.32 Å². The fourth-order valence-electron chi connectivity index (χ4n) is 1.65. The van der Waals surface area contributed by atoms with Gasteiger partial charge in [0.25, 0.3) is 0 Å². The molecular formula is C11H12INOS. The number of rotatable bonds is 3. The van der Waals surface area contributed by atoms with E-state index in [1.165, 1.54) is 14.1 Å². The smallest absolute Gasteiger partial charge is 0.228 e. The standard InChI is InChI=1S/C11H12INOS/c1-3-8-11(15-6-12-8)7-5-10(14)13-9(7)4-2/h3,6H,1,4-5H2,2H3,(H,13,14). The maximum Gasteiger partial charge on any atom is 0.228 e. The van der Waals surface area contributed by atoms with Crippen LogP contribution in [0.25, 0.3) is 0 Å². The second kappa shape index (κ2) is 4.65. The zero-order chi connectivity index (χ0) is 10.8.